The summed E-state index contributed by atoms with van der Waals surface area (Å²) < 4.78 is 13.2. The van der Waals surface area contributed by atoms with Gasteiger partial charge in [-0.15, -0.1) is 0 Å². The molecule has 1 aromatic rings. The van der Waals surface area contributed by atoms with Gasteiger partial charge in [0.05, 0.1) is 5.02 Å². The van der Waals surface area contributed by atoms with Crippen LogP contribution >= 0.6 is 23.4 Å². The Labute approximate surface area is 92.3 Å². The van der Waals surface area contributed by atoms with Crippen LogP contribution in [0.5, 0.6) is 0 Å². The van der Waals surface area contributed by atoms with Crippen molar-refractivity contribution in [3.05, 3.63) is 23.1 Å². The summed E-state index contributed by atoms with van der Waals surface area (Å²) in [5, 5.41) is 3.28. The quantitative estimate of drug-likeness (QED) is 0.867. The van der Waals surface area contributed by atoms with Gasteiger partial charge in [-0.3, -0.25) is 0 Å². The van der Waals surface area contributed by atoms with Crippen LogP contribution in [0.25, 0.3) is 0 Å². The second-order valence-electron chi connectivity index (χ2n) is 2.98. The second kappa shape index (κ2) is 5.41. The third kappa shape index (κ3) is 3.35. The summed E-state index contributed by atoms with van der Waals surface area (Å²) in [7, 11) is 0. The predicted octanol–water partition coefficient (Wildman–Crippen LogP) is 3.04. The Morgan fingerprint density at radius 3 is 3.00 bits per heavy atom. The minimum atomic E-state index is -0.412. The Morgan fingerprint density at radius 2 is 2.43 bits per heavy atom. The fraction of sp³-hybridized carbons (Fsp3) is 0.444. The van der Waals surface area contributed by atoms with E-state index in [-0.39, 0.29) is 11.9 Å². The van der Waals surface area contributed by atoms with E-state index in [0.717, 1.165) is 5.75 Å². The highest BCUT2D eigenvalue weighted by molar-refractivity contribution is 7.98. The normalized spacial score (nSPS) is 12.6. The number of hydrogen-bond acceptors (Lipinski definition) is 3. The first-order valence-electron chi connectivity index (χ1n) is 4.20. The van der Waals surface area contributed by atoms with Crippen molar-refractivity contribution < 1.29 is 4.39 Å². The van der Waals surface area contributed by atoms with Gasteiger partial charge in [0.1, 0.15) is 0 Å². The maximum atomic E-state index is 13.2. The molecule has 0 spiro atoms. The van der Waals surface area contributed by atoms with Gasteiger partial charge in [-0.2, -0.15) is 11.8 Å². The number of aromatic nitrogens is 1. The van der Waals surface area contributed by atoms with Gasteiger partial charge >= 0.3 is 0 Å². The van der Waals surface area contributed by atoms with Crippen LogP contribution in [0.4, 0.5) is 10.2 Å². The lowest BCUT2D eigenvalue weighted by atomic mass is 10.3. The summed E-state index contributed by atoms with van der Waals surface area (Å²) >= 11 is 7.28. The number of nitrogens with zero attached hydrogens (tertiary/aromatic N) is 1. The summed E-state index contributed by atoms with van der Waals surface area (Å²) in [4.78, 5) is 3.87. The molecule has 0 bridgehead atoms. The van der Waals surface area contributed by atoms with Crippen molar-refractivity contribution in [2.24, 2.45) is 0 Å². The summed E-state index contributed by atoms with van der Waals surface area (Å²) in [6, 6.07) is 1.44. The van der Waals surface area contributed by atoms with Crippen molar-refractivity contribution >= 4 is 29.2 Å². The molecule has 0 aromatic carbocycles. The largest absolute Gasteiger partial charge is 0.364 e. The van der Waals surface area contributed by atoms with E-state index in [2.05, 4.69) is 10.3 Å². The van der Waals surface area contributed by atoms with Gasteiger partial charge in [-0.05, 0) is 19.2 Å². The molecule has 1 N–H and O–H groups in total. The van der Waals surface area contributed by atoms with Crippen molar-refractivity contribution in [2.45, 2.75) is 13.0 Å². The molecule has 0 radical (unpaired) electrons. The van der Waals surface area contributed by atoms with Crippen molar-refractivity contribution in [3.63, 3.8) is 0 Å². The molecule has 5 heteroatoms. The van der Waals surface area contributed by atoms with Gasteiger partial charge in [-0.25, -0.2) is 9.37 Å². The lowest BCUT2D eigenvalue weighted by molar-refractivity contribution is 0.622. The third-order valence-corrected chi connectivity index (χ3v) is 2.65. The number of thioether (sulfide) groups is 1. The molecule has 0 aliphatic heterocycles. The molecule has 0 fully saturated rings. The standard InChI is InChI=1S/C9H12ClFN2S/c1-6(5-14-2)13-9-8(11)3-7(10)4-12-9/h3-4,6H,5H2,1-2H3,(H,12,13). The topological polar surface area (TPSA) is 24.9 Å². The van der Waals surface area contributed by atoms with Crippen molar-refractivity contribution in [3.8, 4) is 0 Å². The molecule has 78 valence electrons. The van der Waals surface area contributed by atoms with E-state index in [1.807, 2.05) is 13.2 Å². The van der Waals surface area contributed by atoms with E-state index in [1.54, 1.807) is 11.8 Å². The Bertz CT molecular complexity index is 309. The number of pyridine rings is 1. The number of nitrogens with one attached hydrogen (secondary N) is 1. The van der Waals surface area contributed by atoms with Crippen LogP contribution in [0.2, 0.25) is 5.02 Å². The molecular formula is C9H12ClFN2S. The van der Waals surface area contributed by atoms with E-state index in [0.29, 0.717) is 5.02 Å². The fourth-order valence-electron chi connectivity index (χ4n) is 1.05. The van der Waals surface area contributed by atoms with Gasteiger partial charge in [-0.1, -0.05) is 11.6 Å². The monoisotopic (exact) mass is 234 g/mol. The first kappa shape index (κ1) is 11.6. The van der Waals surface area contributed by atoms with Crippen molar-refractivity contribution in [1.82, 2.24) is 4.98 Å². The zero-order valence-corrected chi connectivity index (χ0v) is 9.62. The molecule has 2 nitrogen and oxygen atoms in total. The van der Waals surface area contributed by atoms with Gasteiger partial charge in [0, 0.05) is 18.0 Å². The molecule has 0 aliphatic rings. The smallest absolute Gasteiger partial charge is 0.166 e. The van der Waals surface area contributed by atoms with Crippen LogP contribution in [0.1, 0.15) is 6.92 Å². The Hall–Kier alpha value is -0.480. The van der Waals surface area contributed by atoms with E-state index in [9.17, 15) is 4.39 Å². The van der Waals surface area contributed by atoms with Crippen LogP contribution in [0.15, 0.2) is 12.3 Å². The molecule has 1 unspecified atom stereocenters. The molecule has 1 rings (SSSR count). The minimum Gasteiger partial charge on any atom is -0.364 e. The third-order valence-electron chi connectivity index (χ3n) is 1.61. The predicted molar refractivity (Wildman–Crippen MR) is 60.7 cm³/mol. The number of hydrogen-bond donors (Lipinski definition) is 1. The molecule has 1 heterocycles. The second-order valence-corrected chi connectivity index (χ2v) is 4.33. The van der Waals surface area contributed by atoms with Crippen LogP contribution in [0.3, 0.4) is 0 Å². The molecule has 0 saturated heterocycles. The summed E-state index contributed by atoms with van der Waals surface area (Å²) in [6.45, 7) is 1.98. The lowest BCUT2D eigenvalue weighted by Crippen LogP contribution is -2.19. The zero-order chi connectivity index (χ0) is 10.6. The van der Waals surface area contributed by atoms with Gasteiger partial charge in [0.25, 0.3) is 0 Å². The molecule has 14 heavy (non-hydrogen) atoms. The highest BCUT2D eigenvalue weighted by Crippen LogP contribution is 2.16. The molecule has 0 aliphatic carbocycles. The first-order chi connectivity index (χ1) is 6.63. The number of anilines is 1. The van der Waals surface area contributed by atoms with Gasteiger partial charge in [0.15, 0.2) is 11.6 Å². The van der Waals surface area contributed by atoms with Crippen LogP contribution < -0.4 is 5.32 Å². The van der Waals surface area contributed by atoms with Crippen molar-refractivity contribution in [1.29, 1.82) is 0 Å². The molecule has 1 aromatic heterocycles. The van der Waals surface area contributed by atoms with Gasteiger partial charge in [0.2, 0.25) is 0 Å². The van der Waals surface area contributed by atoms with Crippen molar-refractivity contribution in [2.75, 3.05) is 17.3 Å². The van der Waals surface area contributed by atoms with Crippen LogP contribution in [-0.4, -0.2) is 23.0 Å². The zero-order valence-electron chi connectivity index (χ0n) is 8.05. The lowest BCUT2D eigenvalue weighted by Gasteiger charge is -2.13. The Balaban J connectivity index is 2.67. The Kier molecular flexibility index (Phi) is 4.48. The van der Waals surface area contributed by atoms with Crippen LogP contribution in [0, 0.1) is 5.82 Å². The minimum absolute atomic E-state index is 0.188. The summed E-state index contributed by atoms with van der Waals surface area (Å²) in [5.74, 6) is 0.755. The highest BCUT2D eigenvalue weighted by Gasteiger charge is 2.07. The molecular weight excluding hydrogens is 223 g/mol. The Morgan fingerprint density at radius 1 is 1.71 bits per heavy atom. The maximum absolute atomic E-state index is 13.2. The number of rotatable bonds is 4. The van der Waals surface area contributed by atoms with Crippen LogP contribution in [-0.2, 0) is 0 Å². The maximum Gasteiger partial charge on any atom is 0.166 e. The van der Waals surface area contributed by atoms with E-state index < -0.39 is 5.82 Å². The first-order valence-corrected chi connectivity index (χ1v) is 5.97. The van der Waals surface area contributed by atoms with Gasteiger partial charge < -0.3 is 5.32 Å². The average Bonchev–Trinajstić information content (AvgIpc) is 2.10. The van der Waals surface area contributed by atoms with E-state index in [4.69, 9.17) is 11.6 Å². The highest BCUT2D eigenvalue weighted by atomic mass is 35.5. The van der Waals surface area contributed by atoms with E-state index >= 15 is 0 Å². The SMILES string of the molecule is CSCC(C)Nc1ncc(Cl)cc1F. The fourth-order valence-corrected chi connectivity index (χ4v) is 1.77. The molecule has 0 amide bonds. The summed E-state index contributed by atoms with van der Waals surface area (Å²) in [6.07, 6.45) is 3.43. The molecule has 0 saturated carbocycles. The average molecular weight is 235 g/mol. The van der Waals surface area contributed by atoms with E-state index in [1.165, 1.54) is 12.3 Å². The summed E-state index contributed by atoms with van der Waals surface area (Å²) in [5.41, 5.74) is 0. The number of halogens is 2. The molecule has 1 atom stereocenters.